The summed E-state index contributed by atoms with van der Waals surface area (Å²) in [5.74, 6) is -2.36. The monoisotopic (exact) mass is 529 g/mol. The molecular formula is C31H32FN3O4. The fourth-order valence-electron chi connectivity index (χ4n) is 5.03. The van der Waals surface area contributed by atoms with Gasteiger partial charge in [0.05, 0.1) is 0 Å². The minimum Gasteiger partial charge on any atom is -0.478 e. The van der Waals surface area contributed by atoms with E-state index in [1.54, 1.807) is 43.4 Å². The van der Waals surface area contributed by atoms with Gasteiger partial charge in [0, 0.05) is 47.8 Å². The number of anilines is 2. The van der Waals surface area contributed by atoms with Gasteiger partial charge in [-0.2, -0.15) is 0 Å². The number of halogens is 1. The molecule has 0 radical (unpaired) electrons. The van der Waals surface area contributed by atoms with E-state index in [0.29, 0.717) is 40.8 Å². The first kappa shape index (κ1) is 27.7. The maximum absolute atomic E-state index is 15.6. The highest BCUT2D eigenvalue weighted by Crippen LogP contribution is 2.35. The predicted octanol–water partition coefficient (Wildman–Crippen LogP) is 6.23. The van der Waals surface area contributed by atoms with Gasteiger partial charge in [-0.05, 0) is 65.9 Å². The minimum atomic E-state index is -1.59. The molecule has 202 valence electrons. The molecule has 0 aromatic heterocycles. The molecule has 0 aliphatic heterocycles. The normalized spacial score (nSPS) is 14.6. The van der Waals surface area contributed by atoms with Crippen LogP contribution in [0.4, 0.5) is 15.8 Å². The number of carbonyl (C=O) groups excluding carboxylic acids is 1. The lowest BCUT2D eigenvalue weighted by molar-refractivity contribution is -0.131. The number of hydrogen-bond donors (Lipinski definition) is 4. The Morgan fingerprint density at radius 3 is 2.44 bits per heavy atom. The highest BCUT2D eigenvalue weighted by Gasteiger charge is 2.33. The first-order chi connectivity index (χ1) is 18.8. The average Bonchev–Trinajstić information content (AvgIpc) is 2.96. The van der Waals surface area contributed by atoms with Crippen molar-refractivity contribution in [1.29, 1.82) is 5.41 Å². The van der Waals surface area contributed by atoms with Crippen LogP contribution < -0.4 is 10.2 Å². The van der Waals surface area contributed by atoms with Gasteiger partial charge in [0.1, 0.15) is 5.82 Å². The van der Waals surface area contributed by atoms with Gasteiger partial charge in [-0.3, -0.25) is 9.69 Å². The molecule has 1 saturated carbocycles. The number of aliphatic carboxylic acids is 1. The van der Waals surface area contributed by atoms with Crippen molar-refractivity contribution in [2.75, 3.05) is 17.3 Å². The smallest absolute Gasteiger partial charge is 0.328 e. The SMILES string of the molecule is CNc1ccc(-c2ccc(C(O)N(C(=O)C3CCCCC3)c3cccc(/C=C/C(=O)O)c3)c(F)c2)cc1C=N. The van der Waals surface area contributed by atoms with Gasteiger partial charge < -0.3 is 20.9 Å². The van der Waals surface area contributed by atoms with E-state index in [0.717, 1.165) is 31.0 Å². The van der Waals surface area contributed by atoms with Crippen LogP contribution in [0.15, 0.2) is 66.7 Å². The molecule has 4 rings (SSSR count). The molecule has 1 atom stereocenters. The maximum Gasteiger partial charge on any atom is 0.328 e. The first-order valence-electron chi connectivity index (χ1n) is 13.0. The van der Waals surface area contributed by atoms with E-state index >= 15 is 4.39 Å². The van der Waals surface area contributed by atoms with Crippen LogP contribution in [0.3, 0.4) is 0 Å². The molecule has 8 heteroatoms. The highest BCUT2D eigenvalue weighted by atomic mass is 19.1. The van der Waals surface area contributed by atoms with Gasteiger partial charge in [-0.1, -0.05) is 49.6 Å². The van der Waals surface area contributed by atoms with Crippen LogP contribution in [0, 0.1) is 17.1 Å². The van der Waals surface area contributed by atoms with Crippen LogP contribution in [0.25, 0.3) is 17.2 Å². The van der Waals surface area contributed by atoms with Crippen LogP contribution in [-0.2, 0) is 9.59 Å². The van der Waals surface area contributed by atoms with Crippen LogP contribution >= 0.6 is 0 Å². The molecular weight excluding hydrogens is 497 g/mol. The van der Waals surface area contributed by atoms with Crippen molar-refractivity contribution in [1.82, 2.24) is 0 Å². The van der Waals surface area contributed by atoms with E-state index in [-0.39, 0.29) is 17.4 Å². The molecule has 3 aromatic carbocycles. The second-order valence-electron chi connectivity index (χ2n) is 9.62. The quantitative estimate of drug-likeness (QED) is 0.149. The second-order valence-corrected chi connectivity index (χ2v) is 9.62. The van der Waals surface area contributed by atoms with Crippen molar-refractivity contribution in [2.45, 2.75) is 38.3 Å². The van der Waals surface area contributed by atoms with Crippen LogP contribution in [0.2, 0.25) is 0 Å². The third-order valence-corrected chi connectivity index (χ3v) is 7.09. The molecule has 1 fully saturated rings. The molecule has 3 aromatic rings. The van der Waals surface area contributed by atoms with Crippen molar-refractivity contribution in [3.8, 4) is 11.1 Å². The Bertz CT molecular complexity index is 1400. The lowest BCUT2D eigenvalue weighted by atomic mass is 9.88. The zero-order valence-electron chi connectivity index (χ0n) is 21.7. The number of nitrogens with one attached hydrogen (secondary N) is 2. The third kappa shape index (κ3) is 6.41. The molecule has 1 aliphatic carbocycles. The predicted molar refractivity (Wildman–Crippen MR) is 151 cm³/mol. The van der Waals surface area contributed by atoms with Crippen LogP contribution in [0.1, 0.15) is 55.0 Å². The third-order valence-electron chi connectivity index (χ3n) is 7.09. The zero-order chi connectivity index (χ0) is 27.9. The molecule has 0 spiro atoms. The number of carboxylic acid groups (broad SMARTS) is 1. The molecule has 0 heterocycles. The topological polar surface area (TPSA) is 114 Å². The molecule has 7 nitrogen and oxygen atoms in total. The second kappa shape index (κ2) is 12.5. The number of carbonyl (C=O) groups is 2. The van der Waals surface area contributed by atoms with Crippen molar-refractivity contribution < 1.29 is 24.2 Å². The van der Waals surface area contributed by atoms with E-state index in [1.165, 1.54) is 29.3 Å². The van der Waals surface area contributed by atoms with E-state index < -0.39 is 18.0 Å². The molecule has 0 saturated heterocycles. The van der Waals surface area contributed by atoms with Gasteiger partial charge in [-0.25, -0.2) is 9.18 Å². The Morgan fingerprint density at radius 2 is 1.77 bits per heavy atom. The van der Waals surface area contributed by atoms with Gasteiger partial charge >= 0.3 is 5.97 Å². The summed E-state index contributed by atoms with van der Waals surface area (Å²) in [4.78, 5) is 25.9. The zero-order valence-corrected chi connectivity index (χ0v) is 21.7. The van der Waals surface area contributed by atoms with Gasteiger partial charge in [0.25, 0.3) is 0 Å². The summed E-state index contributed by atoms with van der Waals surface area (Å²) < 4.78 is 15.6. The van der Waals surface area contributed by atoms with Crippen molar-refractivity contribution in [3.05, 3.63) is 89.2 Å². The Balaban J connectivity index is 1.71. The minimum absolute atomic E-state index is 0.0477. The van der Waals surface area contributed by atoms with E-state index in [9.17, 15) is 14.7 Å². The standard InChI is InChI=1S/C31H32FN3O4/c1-34-28-14-12-22(17-24(28)19-33)23-11-13-26(27(32)18-23)31(39)35(30(38)21-7-3-2-4-8-21)25-9-5-6-20(16-25)10-15-29(36)37/h5-6,9-19,21,31,33-34,39H,2-4,7-8H2,1H3,(H,36,37)/b15-10+,33-19?. The van der Waals surface area contributed by atoms with E-state index in [4.69, 9.17) is 10.5 Å². The van der Waals surface area contributed by atoms with Crippen molar-refractivity contribution >= 4 is 35.5 Å². The molecule has 1 unspecified atom stereocenters. The van der Waals surface area contributed by atoms with E-state index in [1.807, 2.05) is 12.1 Å². The highest BCUT2D eigenvalue weighted by molar-refractivity contribution is 5.96. The fraction of sp³-hybridized carbons (Fsp3) is 0.258. The Morgan fingerprint density at radius 1 is 1.05 bits per heavy atom. The number of amides is 1. The fourth-order valence-corrected chi connectivity index (χ4v) is 5.03. The number of hydrogen-bond acceptors (Lipinski definition) is 5. The largest absolute Gasteiger partial charge is 0.478 e. The molecule has 0 bridgehead atoms. The van der Waals surface area contributed by atoms with Gasteiger partial charge in [0.2, 0.25) is 5.91 Å². The average molecular weight is 530 g/mol. The summed E-state index contributed by atoms with van der Waals surface area (Å²) in [5.41, 5.74) is 3.55. The summed E-state index contributed by atoms with van der Waals surface area (Å²) >= 11 is 0. The van der Waals surface area contributed by atoms with Gasteiger partial charge in [-0.15, -0.1) is 0 Å². The Hall–Kier alpha value is -4.30. The number of benzene rings is 3. The summed E-state index contributed by atoms with van der Waals surface area (Å²) in [6.07, 6.45) is 6.29. The van der Waals surface area contributed by atoms with Crippen LogP contribution in [-0.4, -0.2) is 35.4 Å². The maximum atomic E-state index is 15.6. The Labute approximate surface area is 227 Å². The number of rotatable bonds is 9. The molecule has 4 N–H and O–H groups in total. The summed E-state index contributed by atoms with van der Waals surface area (Å²) in [6, 6.07) is 16.5. The molecule has 1 aliphatic rings. The number of aliphatic hydroxyl groups is 1. The van der Waals surface area contributed by atoms with E-state index in [2.05, 4.69) is 5.32 Å². The summed E-state index contributed by atoms with van der Waals surface area (Å²) in [5, 5.41) is 31.1. The molecule has 1 amide bonds. The van der Waals surface area contributed by atoms with Crippen molar-refractivity contribution in [2.24, 2.45) is 5.92 Å². The van der Waals surface area contributed by atoms with Crippen LogP contribution in [0.5, 0.6) is 0 Å². The lowest BCUT2D eigenvalue weighted by Crippen LogP contribution is -2.40. The lowest BCUT2D eigenvalue weighted by Gasteiger charge is -2.33. The number of carboxylic acids is 1. The first-order valence-corrected chi connectivity index (χ1v) is 13.0. The van der Waals surface area contributed by atoms with Gasteiger partial charge in [0.15, 0.2) is 6.23 Å². The summed E-state index contributed by atoms with van der Waals surface area (Å²) in [6.45, 7) is 0. The summed E-state index contributed by atoms with van der Waals surface area (Å²) in [7, 11) is 1.76. The number of aliphatic hydroxyl groups excluding tert-OH is 1. The number of nitrogens with zero attached hydrogens (tertiary/aromatic N) is 1. The Kier molecular flexibility index (Phi) is 8.88. The van der Waals surface area contributed by atoms with Crippen molar-refractivity contribution in [3.63, 3.8) is 0 Å². The molecule has 39 heavy (non-hydrogen) atoms.